The van der Waals surface area contributed by atoms with Gasteiger partial charge in [-0.3, -0.25) is 9.59 Å². The SMILES string of the molecule is Cc1cccc(NC(=O)C(=O)NCCC(O)c2ccccc2)c1C. The van der Waals surface area contributed by atoms with Gasteiger partial charge in [0.25, 0.3) is 0 Å². The molecule has 0 saturated heterocycles. The van der Waals surface area contributed by atoms with Gasteiger partial charge < -0.3 is 15.7 Å². The van der Waals surface area contributed by atoms with Crippen molar-refractivity contribution in [2.45, 2.75) is 26.4 Å². The molecule has 0 aliphatic carbocycles. The molecule has 5 heteroatoms. The fourth-order valence-electron chi connectivity index (χ4n) is 2.31. The lowest BCUT2D eigenvalue weighted by molar-refractivity contribution is -0.136. The minimum atomic E-state index is -0.712. The number of hydrogen-bond acceptors (Lipinski definition) is 3. The number of aliphatic hydroxyl groups is 1. The largest absolute Gasteiger partial charge is 0.388 e. The summed E-state index contributed by atoms with van der Waals surface area (Å²) in [6.45, 7) is 4.05. The average Bonchev–Trinajstić information content (AvgIpc) is 2.59. The van der Waals surface area contributed by atoms with Gasteiger partial charge in [0.15, 0.2) is 0 Å². The Morgan fingerprint density at radius 1 is 1.00 bits per heavy atom. The van der Waals surface area contributed by atoms with Crippen LogP contribution >= 0.6 is 0 Å². The standard InChI is InChI=1S/C19H22N2O3/c1-13-7-6-10-16(14(13)2)21-19(24)18(23)20-12-11-17(22)15-8-4-3-5-9-15/h3-10,17,22H,11-12H2,1-2H3,(H,20,23)(H,21,24). The lowest BCUT2D eigenvalue weighted by Crippen LogP contribution is -2.36. The molecule has 0 fully saturated rings. The maximum Gasteiger partial charge on any atom is 0.313 e. The predicted octanol–water partition coefficient (Wildman–Crippen LogP) is 2.48. The Bertz CT molecular complexity index is 714. The second-order valence-corrected chi connectivity index (χ2v) is 5.67. The van der Waals surface area contributed by atoms with Crippen LogP contribution in [0.3, 0.4) is 0 Å². The number of benzene rings is 2. The maximum atomic E-state index is 11.9. The zero-order chi connectivity index (χ0) is 17.5. The molecular formula is C19H22N2O3. The maximum absolute atomic E-state index is 11.9. The van der Waals surface area contributed by atoms with Crippen molar-refractivity contribution in [3.8, 4) is 0 Å². The number of aliphatic hydroxyl groups excluding tert-OH is 1. The van der Waals surface area contributed by atoms with Crippen molar-refractivity contribution in [3.63, 3.8) is 0 Å². The molecular weight excluding hydrogens is 304 g/mol. The lowest BCUT2D eigenvalue weighted by atomic mass is 10.1. The quantitative estimate of drug-likeness (QED) is 0.739. The first-order valence-corrected chi connectivity index (χ1v) is 7.87. The van der Waals surface area contributed by atoms with E-state index >= 15 is 0 Å². The van der Waals surface area contributed by atoms with Gasteiger partial charge >= 0.3 is 11.8 Å². The van der Waals surface area contributed by atoms with Crippen LogP contribution in [0.4, 0.5) is 5.69 Å². The molecule has 1 unspecified atom stereocenters. The molecule has 0 radical (unpaired) electrons. The Morgan fingerprint density at radius 2 is 1.71 bits per heavy atom. The molecule has 2 rings (SSSR count). The first kappa shape index (κ1) is 17.7. The van der Waals surface area contributed by atoms with E-state index in [9.17, 15) is 14.7 Å². The van der Waals surface area contributed by atoms with E-state index in [1.165, 1.54) is 0 Å². The molecule has 24 heavy (non-hydrogen) atoms. The molecule has 3 N–H and O–H groups in total. The molecule has 0 aliphatic rings. The summed E-state index contributed by atoms with van der Waals surface area (Å²) in [5, 5.41) is 15.2. The van der Waals surface area contributed by atoms with Crippen molar-refractivity contribution < 1.29 is 14.7 Å². The molecule has 0 bridgehead atoms. The Morgan fingerprint density at radius 3 is 2.42 bits per heavy atom. The Balaban J connectivity index is 1.82. The number of amides is 2. The summed E-state index contributed by atoms with van der Waals surface area (Å²) in [6, 6.07) is 14.7. The highest BCUT2D eigenvalue weighted by molar-refractivity contribution is 6.39. The molecule has 0 aliphatic heterocycles. The van der Waals surface area contributed by atoms with E-state index in [1.54, 1.807) is 6.07 Å². The van der Waals surface area contributed by atoms with Crippen LogP contribution in [-0.2, 0) is 9.59 Å². The van der Waals surface area contributed by atoms with E-state index in [1.807, 2.05) is 56.3 Å². The summed E-state index contributed by atoms with van der Waals surface area (Å²) in [6.07, 6.45) is -0.333. The second-order valence-electron chi connectivity index (χ2n) is 5.67. The molecule has 0 saturated carbocycles. The summed E-state index contributed by atoms with van der Waals surface area (Å²) >= 11 is 0. The van der Waals surface area contributed by atoms with Crippen LogP contribution in [0.2, 0.25) is 0 Å². The summed E-state index contributed by atoms with van der Waals surface area (Å²) in [5.41, 5.74) is 3.38. The topological polar surface area (TPSA) is 78.4 Å². The van der Waals surface area contributed by atoms with Crippen molar-refractivity contribution >= 4 is 17.5 Å². The van der Waals surface area contributed by atoms with Crippen LogP contribution in [0.1, 0.15) is 29.2 Å². The number of aryl methyl sites for hydroxylation is 1. The van der Waals surface area contributed by atoms with Gasteiger partial charge in [-0.05, 0) is 43.0 Å². The minimum absolute atomic E-state index is 0.217. The first-order chi connectivity index (χ1) is 11.5. The highest BCUT2D eigenvalue weighted by atomic mass is 16.3. The Labute approximate surface area is 141 Å². The van der Waals surface area contributed by atoms with Gasteiger partial charge in [0.1, 0.15) is 0 Å². The van der Waals surface area contributed by atoms with Crippen molar-refractivity contribution in [2.24, 2.45) is 0 Å². The van der Waals surface area contributed by atoms with Crippen molar-refractivity contribution in [3.05, 3.63) is 65.2 Å². The lowest BCUT2D eigenvalue weighted by Gasteiger charge is -2.12. The monoisotopic (exact) mass is 326 g/mol. The van der Waals surface area contributed by atoms with E-state index < -0.39 is 17.9 Å². The van der Waals surface area contributed by atoms with Gasteiger partial charge in [-0.15, -0.1) is 0 Å². The number of nitrogens with one attached hydrogen (secondary N) is 2. The molecule has 2 aromatic rings. The second kappa shape index (κ2) is 8.26. The smallest absolute Gasteiger partial charge is 0.313 e. The van der Waals surface area contributed by atoms with Gasteiger partial charge in [-0.1, -0.05) is 42.5 Å². The molecule has 5 nitrogen and oxygen atoms in total. The fraction of sp³-hybridized carbons (Fsp3) is 0.263. The number of anilines is 1. The summed E-state index contributed by atoms with van der Waals surface area (Å²) < 4.78 is 0. The van der Waals surface area contributed by atoms with E-state index in [2.05, 4.69) is 10.6 Å². The number of carbonyl (C=O) groups excluding carboxylic acids is 2. The van der Waals surface area contributed by atoms with E-state index in [4.69, 9.17) is 0 Å². The van der Waals surface area contributed by atoms with Crippen LogP contribution in [-0.4, -0.2) is 23.5 Å². The Hall–Kier alpha value is -2.66. The van der Waals surface area contributed by atoms with Crippen molar-refractivity contribution in [1.29, 1.82) is 0 Å². The molecule has 0 aromatic heterocycles. The minimum Gasteiger partial charge on any atom is -0.388 e. The molecule has 2 aromatic carbocycles. The van der Waals surface area contributed by atoms with Crippen LogP contribution < -0.4 is 10.6 Å². The van der Waals surface area contributed by atoms with Crippen molar-refractivity contribution in [2.75, 3.05) is 11.9 Å². The number of hydrogen-bond donors (Lipinski definition) is 3. The van der Waals surface area contributed by atoms with E-state index in [0.29, 0.717) is 12.1 Å². The van der Waals surface area contributed by atoms with E-state index in [-0.39, 0.29) is 6.54 Å². The summed E-state index contributed by atoms with van der Waals surface area (Å²) in [5.74, 6) is -1.42. The van der Waals surface area contributed by atoms with Crippen LogP contribution in [0, 0.1) is 13.8 Å². The normalized spacial score (nSPS) is 11.6. The van der Waals surface area contributed by atoms with Gasteiger partial charge in [-0.25, -0.2) is 0 Å². The van der Waals surface area contributed by atoms with Gasteiger partial charge in [-0.2, -0.15) is 0 Å². The number of rotatable bonds is 5. The van der Waals surface area contributed by atoms with Crippen LogP contribution in [0.25, 0.3) is 0 Å². The summed E-state index contributed by atoms with van der Waals surface area (Å²) in [4.78, 5) is 23.8. The fourth-order valence-corrected chi connectivity index (χ4v) is 2.31. The third kappa shape index (κ3) is 4.67. The highest BCUT2D eigenvalue weighted by Gasteiger charge is 2.15. The molecule has 2 amide bonds. The van der Waals surface area contributed by atoms with Gasteiger partial charge in [0, 0.05) is 12.2 Å². The molecule has 0 heterocycles. The third-order valence-electron chi connectivity index (χ3n) is 3.95. The molecule has 126 valence electrons. The van der Waals surface area contributed by atoms with E-state index in [0.717, 1.165) is 16.7 Å². The molecule has 0 spiro atoms. The third-order valence-corrected chi connectivity index (χ3v) is 3.95. The zero-order valence-corrected chi connectivity index (χ0v) is 13.9. The first-order valence-electron chi connectivity index (χ1n) is 7.87. The zero-order valence-electron chi connectivity index (χ0n) is 13.9. The van der Waals surface area contributed by atoms with Gasteiger partial charge in [0.2, 0.25) is 0 Å². The van der Waals surface area contributed by atoms with Gasteiger partial charge in [0.05, 0.1) is 6.10 Å². The van der Waals surface area contributed by atoms with Crippen molar-refractivity contribution in [1.82, 2.24) is 5.32 Å². The van der Waals surface area contributed by atoms with Crippen LogP contribution in [0.15, 0.2) is 48.5 Å². The Kier molecular flexibility index (Phi) is 6.09. The number of carbonyl (C=O) groups is 2. The average molecular weight is 326 g/mol. The van der Waals surface area contributed by atoms with Crippen LogP contribution in [0.5, 0.6) is 0 Å². The predicted molar refractivity (Wildman–Crippen MR) is 93.6 cm³/mol. The highest BCUT2D eigenvalue weighted by Crippen LogP contribution is 2.18. The summed E-state index contributed by atoms with van der Waals surface area (Å²) in [7, 11) is 0. The molecule has 1 atom stereocenters.